The molecule has 0 spiro atoms. The van der Waals surface area contributed by atoms with Crippen LogP contribution in [0.15, 0.2) is 42.5 Å². The second-order valence-corrected chi connectivity index (χ2v) is 7.03. The number of aromatic carboxylic acids is 1. The lowest BCUT2D eigenvalue weighted by atomic mass is 10.0. The third-order valence-corrected chi connectivity index (χ3v) is 5.47. The molecule has 0 unspecified atom stereocenters. The number of amides is 1. The van der Waals surface area contributed by atoms with E-state index in [1.165, 1.54) is 12.1 Å². The molecular weight excluding hydrogens is 356 g/mol. The lowest BCUT2D eigenvalue weighted by Crippen LogP contribution is -2.38. The number of phenols is 1. The number of hydrogen-bond acceptors (Lipinski definition) is 4. The number of carbonyl (C=O) groups excluding carboxylic acids is 1. The smallest absolute Gasteiger partial charge is 0.339 e. The van der Waals surface area contributed by atoms with Gasteiger partial charge in [-0.1, -0.05) is 32.0 Å². The fourth-order valence-electron chi connectivity index (χ4n) is 3.84. The van der Waals surface area contributed by atoms with Gasteiger partial charge in [0.2, 0.25) is 0 Å². The van der Waals surface area contributed by atoms with Gasteiger partial charge in [-0.3, -0.25) is 9.69 Å². The topological polar surface area (TPSA) is 81.1 Å². The molecule has 3 rings (SSSR count). The molecule has 0 bridgehead atoms. The molecule has 6 heteroatoms. The number of hydrogen-bond donors (Lipinski definition) is 2. The van der Waals surface area contributed by atoms with Gasteiger partial charge in [-0.05, 0) is 54.9 Å². The maximum Gasteiger partial charge on any atom is 0.339 e. The van der Waals surface area contributed by atoms with Crippen LogP contribution in [0.4, 0.5) is 0 Å². The molecule has 1 saturated heterocycles. The molecule has 0 aromatic heterocycles. The standard InChI is InChI=1S/C22H26N2O4/c1-3-23(4-2)18-11-12-24(14-18)21(26)16-7-5-15(6-8-16)17-9-10-20(25)19(13-17)22(27)28/h5-10,13,18,25H,3-4,11-12,14H2,1-2H3,(H,27,28)/t18-/m1/s1. The number of nitrogens with zero attached hydrogens (tertiary/aromatic N) is 2. The lowest BCUT2D eigenvalue weighted by molar-refractivity contribution is 0.0693. The summed E-state index contributed by atoms with van der Waals surface area (Å²) in [5.74, 6) is -1.42. The van der Waals surface area contributed by atoms with Gasteiger partial charge < -0.3 is 15.1 Å². The van der Waals surface area contributed by atoms with Gasteiger partial charge >= 0.3 is 5.97 Å². The molecule has 0 aliphatic carbocycles. The Hall–Kier alpha value is -2.86. The zero-order valence-electron chi connectivity index (χ0n) is 16.3. The van der Waals surface area contributed by atoms with Gasteiger partial charge in [0.05, 0.1) is 0 Å². The summed E-state index contributed by atoms with van der Waals surface area (Å²) in [6, 6.07) is 12.1. The molecule has 2 N–H and O–H groups in total. The highest BCUT2D eigenvalue weighted by atomic mass is 16.4. The van der Waals surface area contributed by atoms with Gasteiger partial charge in [0.15, 0.2) is 0 Å². The van der Waals surface area contributed by atoms with E-state index in [4.69, 9.17) is 5.11 Å². The van der Waals surface area contributed by atoms with Crippen molar-refractivity contribution in [2.45, 2.75) is 26.3 Å². The Kier molecular flexibility index (Phi) is 5.99. The highest BCUT2D eigenvalue weighted by Crippen LogP contribution is 2.27. The second kappa shape index (κ2) is 8.44. The Balaban J connectivity index is 1.74. The average molecular weight is 382 g/mol. The van der Waals surface area contributed by atoms with Crippen LogP contribution in [0.1, 0.15) is 41.0 Å². The molecule has 1 amide bonds. The Morgan fingerprint density at radius 3 is 2.32 bits per heavy atom. The van der Waals surface area contributed by atoms with Crippen molar-refractivity contribution in [2.24, 2.45) is 0 Å². The molecule has 148 valence electrons. The van der Waals surface area contributed by atoms with Crippen LogP contribution in [-0.2, 0) is 0 Å². The normalized spacial score (nSPS) is 16.5. The van der Waals surface area contributed by atoms with Gasteiger partial charge in [0, 0.05) is 24.7 Å². The Labute approximate surface area is 165 Å². The van der Waals surface area contributed by atoms with Crippen molar-refractivity contribution >= 4 is 11.9 Å². The van der Waals surface area contributed by atoms with Crippen molar-refractivity contribution in [2.75, 3.05) is 26.2 Å². The first-order chi connectivity index (χ1) is 13.4. The predicted molar refractivity (Wildman–Crippen MR) is 108 cm³/mol. The summed E-state index contributed by atoms with van der Waals surface area (Å²) in [5, 5.41) is 18.8. The molecule has 2 aromatic rings. The van der Waals surface area contributed by atoms with E-state index in [1.54, 1.807) is 18.2 Å². The average Bonchev–Trinajstić information content (AvgIpc) is 3.18. The van der Waals surface area contributed by atoms with Crippen LogP contribution in [0.25, 0.3) is 11.1 Å². The van der Waals surface area contributed by atoms with E-state index in [9.17, 15) is 14.7 Å². The zero-order valence-corrected chi connectivity index (χ0v) is 16.3. The van der Waals surface area contributed by atoms with Crippen LogP contribution in [0.3, 0.4) is 0 Å². The SMILES string of the molecule is CCN(CC)[C@@H]1CCN(C(=O)c2ccc(-c3ccc(O)c(C(=O)O)c3)cc2)C1. The third-order valence-electron chi connectivity index (χ3n) is 5.47. The van der Waals surface area contributed by atoms with Crippen LogP contribution >= 0.6 is 0 Å². The van der Waals surface area contributed by atoms with Gasteiger partial charge in [0.1, 0.15) is 11.3 Å². The zero-order chi connectivity index (χ0) is 20.3. The van der Waals surface area contributed by atoms with Crippen molar-refractivity contribution in [3.05, 3.63) is 53.6 Å². The van der Waals surface area contributed by atoms with Crippen LogP contribution < -0.4 is 0 Å². The summed E-state index contributed by atoms with van der Waals surface area (Å²) in [7, 11) is 0. The van der Waals surface area contributed by atoms with Crippen molar-refractivity contribution in [3.8, 4) is 16.9 Å². The predicted octanol–water partition coefficient (Wildman–Crippen LogP) is 3.31. The third kappa shape index (κ3) is 4.02. The number of likely N-dealkylation sites (N-methyl/N-ethyl adjacent to an activating group) is 1. The molecule has 1 heterocycles. The van der Waals surface area contributed by atoms with Crippen molar-refractivity contribution < 1.29 is 19.8 Å². The molecule has 6 nitrogen and oxygen atoms in total. The first-order valence-electron chi connectivity index (χ1n) is 9.64. The van der Waals surface area contributed by atoms with Crippen LogP contribution in [0, 0.1) is 0 Å². The van der Waals surface area contributed by atoms with E-state index in [-0.39, 0.29) is 17.2 Å². The maximum absolute atomic E-state index is 12.8. The lowest BCUT2D eigenvalue weighted by Gasteiger charge is -2.26. The minimum absolute atomic E-state index is 0.0261. The molecule has 1 atom stereocenters. The molecule has 2 aromatic carbocycles. The number of carboxylic acid groups (broad SMARTS) is 1. The van der Waals surface area contributed by atoms with Gasteiger partial charge in [-0.15, -0.1) is 0 Å². The van der Waals surface area contributed by atoms with E-state index in [1.807, 2.05) is 17.0 Å². The molecule has 1 fully saturated rings. The Morgan fingerprint density at radius 2 is 1.71 bits per heavy atom. The largest absolute Gasteiger partial charge is 0.507 e. The number of benzene rings is 2. The summed E-state index contributed by atoms with van der Waals surface area (Å²) in [4.78, 5) is 28.3. The maximum atomic E-state index is 12.8. The first kappa shape index (κ1) is 19.9. The van der Waals surface area contributed by atoms with E-state index >= 15 is 0 Å². The number of rotatable bonds is 6. The number of aromatic hydroxyl groups is 1. The molecule has 28 heavy (non-hydrogen) atoms. The van der Waals surface area contributed by atoms with Crippen molar-refractivity contribution in [1.29, 1.82) is 0 Å². The van der Waals surface area contributed by atoms with Crippen LogP contribution in [-0.4, -0.2) is 64.1 Å². The molecule has 1 aliphatic heterocycles. The highest BCUT2D eigenvalue weighted by molar-refractivity contribution is 5.95. The second-order valence-electron chi connectivity index (χ2n) is 7.03. The number of carbonyl (C=O) groups is 2. The molecular formula is C22H26N2O4. The molecule has 0 saturated carbocycles. The van der Waals surface area contributed by atoms with Crippen molar-refractivity contribution in [3.63, 3.8) is 0 Å². The van der Waals surface area contributed by atoms with Gasteiger partial charge in [-0.25, -0.2) is 4.79 Å². The fraction of sp³-hybridized carbons (Fsp3) is 0.364. The summed E-state index contributed by atoms with van der Waals surface area (Å²) >= 11 is 0. The fourth-order valence-corrected chi connectivity index (χ4v) is 3.84. The molecule has 1 aliphatic rings. The van der Waals surface area contributed by atoms with E-state index in [2.05, 4.69) is 18.7 Å². The van der Waals surface area contributed by atoms with Gasteiger partial charge in [-0.2, -0.15) is 0 Å². The summed E-state index contributed by atoms with van der Waals surface area (Å²) in [6.45, 7) is 7.78. The molecule has 0 radical (unpaired) electrons. The van der Waals surface area contributed by atoms with E-state index in [0.717, 1.165) is 38.2 Å². The van der Waals surface area contributed by atoms with Crippen LogP contribution in [0.2, 0.25) is 0 Å². The number of carboxylic acids is 1. The van der Waals surface area contributed by atoms with Crippen LogP contribution in [0.5, 0.6) is 5.75 Å². The van der Waals surface area contributed by atoms with Crippen molar-refractivity contribution in [1.82, 2.24) is 9.80 Å². The van der Waals surface area contributed by atoms with E-state index < -0.39 is 5.97 Å². The highest BCUT2D eigenvalue weighted by Gasteiger charge is 2.29. The minimum Gasteiger partial charge on any atom is -0.507 e. The van der Waals surface area contributed by atoms with Gasteiger partial charge in [0.25, 0.3) is 5.91 Å². The number of likely N-dealkylation sites (tertiary alicyclic amines) is 1. The summed E-state index contributed by atoms with van der Waals surface area (Å²) in [5.41, 5.74) is 1.96. The quantitative estimate of drug-likeness (QED) is 0.801. The summed E-state index contributed by atoms with van der Waals surface area (Å²) < 4.78 is 0. The monoisotopic (exact) mass is 382 g/mol. The van der Waals surface area contributed by atoms with E-state index in [0.29, 0.717) is 17.2 Å². The first-order valence-corrected chi connectivity index (χ1v) is 9.64. The Bertz CT molecular complexity index is 859. The summed E-state index contributed by atoms with van der Waals surface area (Å²) in [6.07, 6.45) is 0.997. The Morgan fingerprint density at radius 1 is 1.07 bits per heavy atom. The minimum atomic E-state index is -1.18.